The Morgan fingerprint density at radius 3 is 2.93 bits per heavy atom. The molecular formula is C13H14ClN. The number of H-pyrrole nitrogens is 1. The molecule has 1 heterocycles. The Kier molecular flexibility index (Phi) is 2.83. The number of nitrogens with one attached hydrogen (secondary N) is 1. The van der Waals surface area contributed by atoms with Gasteiger partial charge in [-0.05, 0) is 38.0 Å². The highest BCUT2D eigenvalue weighted by Gasteiger charge is 2.02. The fourth-order valence-corrected chi connectivity index (χ4v) is 1.81. The zero-order valence-electron chi connectivity index (χ0n) is 8.97. The van der Waals surface area contributed by atoms with Crippen LogP contribution in [0.4, 0.5) is 0 Å². The molecule has 0 unspecified atom stereocenters. The standard InChI is InChI=1S/C13H14ClN/c1-9(2)3-4-10-8-15-13-7-11(14)5-6-12(10)13/h3,5-8,15H,4H2,1-2H3. The quantitative estimate of drug-likeness (QED) is 0.724. The molecule has 0 saturated heterocycles. The van der Waals surface area contributed by atoms with E-state index in [9.17, 15) is 0 Å². The van der Waals surface area contributed by atoms with Crippen LogP contribution in [0.25, 0.3) is 10.9 Å². The van der Waals surface area contributed by atoms with Gasteiger partial charge in [0.2, 0.25) is 0 Å². The number of benzene rings is 1. The Balaban J connectivity index is 2.41. The predicted molar refractivity (Wildman–Crippen MR) is 66.4 cm³/mol. The molecule has 0 aliphatic rings. The number of fused-ring (bicyclic) bond motifs is 1. The molecule has 1 N–H and O–H groups in total. The summed E-state index contributed by atoms with van der Waals surface area (Å²) >= 11 is 5.92. The summed E-state index contributed by atoms with van der Waals surface area (Å²) < 4.78 is 0. The molecule has 0 aliphatic heterocycles. The number of allylic oxidation sites excluding steroid dienone is 2. The van der Waals surface area contributed by atoms with Gasteiger partial charge in [-0.3, -0.25) is 0 Å². The van der Waals surface area contributed by atoms with Crippen molar-refractivity contribution >= 4 is 22.5 Å². The molecule has 0 radical (unpaired) electrons. The van der Waals surface area contributed by atoms with Crippen molar-refractivity contribution in [3.05, 3.63) is 46.6 Å². The molecule has 0 bridgehead atoms. The molecule has 0 spiro atoms. The van der Waals surface area contributed by atoms with Gasteiger partial charge in [0, 0.05) is 22.1 Å². The van der Waals surface area contributed by atoms with Gasteiger partial charge in [-0.25, -0.2) is 0 Å². The first-order valence-electron chi connectivity index (χ1n) is 5.05. The second kappa shape index (κ2) is 4.11. The van der Waals surface area contributed by atoms with Crippen molar-refractivity contribution in [3.8, 4) is 0 Å². The summed E-state index contributed by atoms with van der Waals surface area (Å²) in [7, 11) is 0. The number of aromatic nitrogens is 1. The number of hydrogen-bond donors (Lipinski definition) is 1. The summed E-state index contributed by atoms with van der Waals surface area (Å²) in [6, 6.07) is 5.97. The summed E-state index contributed by atoms with van der Waals surface area (Å²) in [6.45, 7) is 4.23. The average molecular weight is 220 g/mol. The first-order valence-corrected chi connectivity index (χ1v) is 5.43. The topological polar surface area (TPSA) is 15.8 Å². The third kappa shape index (κ3) is 2.24. The van der Waals surface area contributed by atoms with Crippen LogP contribution >= 0.6 is 11.6 Å². The van der Waals surface area contributed by atoms with Crippen molar-refractivity contribution in [1.82, 2.24) is 4.98 Å². The molecule has 0 fully saturated rings. The van der Waals surface area contributed by atoms with Crippen LogP contribution in [0.3, 0.4) is 0 Å². The molecule has 2 rings (SSSR count). The van der Waals surface area contributed by atoms with E-state index >= 15 is 0 Å². The van der Waals surface area contributed by atoms with E-state index in [1.807, 2.05) is 12.1 Å². The van der Waals surface area contributed by atoms with E-state index in [-0.39, 0.29) is 0 Å². The lowest BCUT2D eigenvalue weighted by Gasteiger charge is -1.95. The largest absolute Gasteiger partial charge is 0.361 e. The van der Waals surface area contributed by atoms with Crippen LogP contribution in [-0.2, 0) is 6.42 Å². The highest BCUT2D eigenvalue weighted by molar-refractivity contribution is 6.31. The minimum Gasteiger partial charge on any atom is -0.361 e. The summed E-state index contributed by atoms with van der Waals surface area (Å²) in [4.78, 5) is 3.24. The fourth-order valence-electron chi connectivity index (χ4n) is 1.64. The van der Waals surface area contributed by atoms with Gasteiger partial charge >= 0.3 is 0 Å². The van der Waals surface area contributed by atoms with Crippen molar-refractivity contribution in [3.63, 3.8) is 0 Å². The highest BCUT2D eigenvalue weighted by Crippen LogP contribution is 2.22. The van der Waals surface area contributed by atoms with Crippen molar-refractivity contribution in [1.29, 1.82) is 0 Å². The van der Waals surface area contributed by atoms with Gasteiger partial charge in [0.15, 0.2) is 0 Å². The first-order chi connectivity index (χ1) is 7.16. The Morgan fingerprint density at radius 2 is 2.20 bits per heavy atom. The predicted octanol–water partition coefficient (Wildman–Crippen LogP) is 4.33. The second-order valence-electron chi connectivity index (χ2n) is 3.99. The van der Waals surface area contributed by atoms with Crippen LogP contribution in [0.15, 0.2) is 36.0 Å². The Morgan fingerprint density at radius 1 is 1.40 bits per heavy atom. The Labute approximate surface area is 94.8 Å². The zero-order valence-corrected chi connectivity index (χ0v) is 9.73. The molecule has 2 aromatic rings. The molecule has 15 heavy (non-hydrogen) atoms. The molecule has 78 valence electrons. The number of hydrogen-bond acceptors (Lipinski definition) is 0. The lowest BCUT2D eigenvalue weighted by atomic mass is 10.1. The smallest absolute Gasteiger partial charge is 0.0471 e. The van der Waals surface area contributed by atoms with Gasteiger partial charge in [0.25, 0.3) is 0 Å². The number of aromatic amines is 1. The number of rotatable bonds is 2. The van der Waals surface area contributed by atoms with Crippen LogP contribution in [0.5, 0.6) is 0 Å². The summed E-state index contributed by atoms with van der Waals surface area (Å²) in [5, 5.41) is 2.04. The van der Waals surface area contributed by atoms with Crippen molar-refractivity contribution in [2.45, 2.75) is 20.3 Å². The van der Waals surface area contributed by atoms with Crippen LogP contribution in [0.1, 0.15) is 19.4 Å². The summed E-state index contributed by atoms with van der Waals surface area (Å²) in [5.74, 6) is 0. The first kappa shape index (κ1) is 10.3. The van der Waals surface area contributed by atoms with E-state index < -0.39 is 0 Å². The Bertz CT molecular complexity index is 504. The van der Waals surface area contributed by atoms with E-state index in [0.29, 0.717) is 0 Å². The fraction of sp³-hybridized carbons (Fsp3) is 0.231. The van der Waals surface area contributed by atoms with E-state index in [4.69, 9.17) is 11.6 Å². The minimum absolute atomic E-state index is 0.776. The Hall–Kier alpha value is -1.21. The van der Waals surface area contributed by atoms with Crippen LogP contribution < -0.4 is 0 Å². The third-order valence-electron chi connectivity index (χ3n) is 2.46. The molecular weight excluding hydrogens is 206 g/mol. The minimum atomic E-state index is 0.776. The maximum Gasteiger partial charge on any atom is 0.0471 e. The molecule has 0 atom stereocenters. The van der Waals surface area contributed by atoms with E-state index in [1.54, 1.807) is 0 Å². The van der Waals surface area contributed by atoms with Crippen LogP contribution in [0, 0.1) is 0 Å². The maximum absolute atomic E-state index is 5.92. The SMILES string of the molecule is CC(C)=CCc1c[nH]c2cc(Cl)ccc12. The molecule has 0 aliphatic carbocycles. The highest BCUT2D eigenvalue weighted by atomic mass is 35.5. The lowest BCUT2D eigenvalue weighted by molar-refractivity contribution is 1.23. The van der Waals surface area contributed by atoms with E-state index in [1.165, 1.54) is 16.5 Å². The molecule has 0 amide bonds. The monoisotopic (exact) mass is 219 g/mol. The second-order valence-corrected chi connectivity index (χ2v) is 4.43. The van der Waals surface area contributed by atoms with Crippen molar-refractivity contribution < 1.29 is 0 Å². The molecule has 0 saturated carbocycles. The molecule has 1 aromatic carbocycles. The van der Waals surface area contributed by atoms with Gasteiger partial charge in [-0.1, -0.05) is 29.3 Å². The third-order valence-corrected chi connectivity index (χ3v) is 2.69. The summed E-state index contributed by atoms with van der Waals surface area (Å²) in [6.07, 6.45) is 5.27. The summed E-state index contributed by atoms with van der Waals surface area (Å²) in [5.41, 5.74) is 3.78. The van der Waals surface area contributed by atoms with Crippen molar-refractivity contribution in [2.24, 2.45) is 0 Å². The van der Waals surface area contributed by atoms with Gasteiger partial charge in [0.05, 0.1) is 0 Å². The lowest BCUT2D eigenvalue weighted by Crippen LogP contribution is -1.78. The van der Waals surface area contributed by atoms with Crippen molar-refractivity contribution in [2.75, 3.05) is 0 Å². The van der Waals surface area contributed by atoms with Gasteiger partial charge in [-0.15, -0.1) is 0 Å². The molecule has 2 heteroatoms. The van der Waals surface area contributed by atoms with E-state index in [2.05, 4.69) is 37.2 Å². The normalized spacial score (nSPS) is 10.6. The average Bonchev–Trinajstić information content (AvgIpc) is 2.57. The van der Waals surface area contributed by atoms with E-state index in [0.717, 1.165) is 17.0 Å². The number of halogens is 1. The van der Waals surface area contributed by atoms with Gasteiger partial charge in [-0.2, -0.15) is 0 Å². The van der Waals surface area contributed by atoms with Gasteiger partial charge < -0.3 is 4.98 Å². The maximum atomic E-state index is 5.92. The molecule has 1 nitrogen and oxygen atoms in total. The molecule has 1 aromatic heterocycles. The van der Waals surface area contributed by atoms with Crippen LogP contribution in [-0.4, -0.2) is 4.98 Å². The zero-order chi connectivity index (χ0) is 10.8. The van der Waals surface area contributed by atoms with Crippen LogP contribution in [0.2, 0.25) is 5.02 Å². The van der Waals surface area contributed by atoms with Gasteiger partial charge in [0.1, 0.15) is 0 Å².